The summed E-state index contributed by atoms with van der Waals surface area (Å²) in [5.41, 5.74) is 1.92. The van der Waals surface area contributed by atoms with Crippen LogP contribution in [0.2, 0.25) is 0 Å². The number of halogens is 1. The zero-order valence-electron chi connectivity index (χ0n) is 12.4. The molecule has 1 aromatic heterocycles. The Morgan fingerprint density at radius 1 is 0.957 bits per heavy atom. The van der Waals surface area contributed by atoms with E-state index in [9.17, 15) is 4.79 Å². The van der Waals surface area contributed by atoms with Gasteiger partial charge in [-0.3, -0.25) is 4.79 Å². The monoisotopic (exact) mass is 325 g/mol. The molecule has 2 aromatic carbocycles. The number of para-hydroxylation sites is 1. The fourth-order valence-electron chi connectivity index (χ4n) is 2.10. The molecule has 0 saturated carbocycles. The van der Waals surface area contributed by atoms with E-state index < -0.39 is 0 Å². The van der Waals surface area contributed by atoms with E-state index in [1.165, 1.54) is 0 Å². The Balaban J connectivity index is 0.00000192. The number of hydrogen-bond acceptors (Lipinski definition) is 2. The maximum atomic E-state index is 11.9. The van der Waals surface area contributed by atoms with E-state index in [4.69, 9.17) is 0 Å². The maximum absolute atomic E-state index is 11.9. The smallest absolute Gasteiger partial charge is 0.250 e. The molecule has 3 aromatic rings. The van der Waals surface area contributed by atoms with Gasteiger partial charge in [0.05, 0.1) is 23.7 Å². The van der Waals surface area contributed by atoms with Gasteiger partial charge in [0.2, 0.25) is 0 Å². The fraction of sp³-hybridized carbons (Fsp3) is 0.0556. The van der Waals surface area contributed by atoms with Crippen LogP contribution >= 0.6 is 12.4 Å². The van der Waals surface area contributed by atoms with Crippen molar-refractivity contribution in [1.29, 1.82) is 0 Å². The summed E-state index contributed by atoms with van der Waals surface area (Å²) in [6, 6.07) is 21.1. The van der Waals surface area contributed by atoms with Gasteiger partial charge in [-0.05, 0) is 23.8 Å². The summed E-state index contributed by atoms with van der Waals surface area (Å²) in [6.07, 6.45) is 3.69. The molecule has 116 valence electrons. The highest BCUT2D eigenvalue weighted by molar-refractivity contribution is 5.85. The summed E-state index contributed by atoms with van der Waals surface area (Å²) in [4.78, 5) is 16.0. The number of nitrogens with zero attached hydrogens (tertiary/aromatic N) is 3. The van der Waals surface area contributed by atoms with Crippen molar-refractivity contribution in [3.05, 3.63) is 90.0 Å². The molecule has 0 unspecified atom stereocenters. The van der Waals surface area contributed by atoms with E-state index in [1.807, 2.05) is 60.7 Å². The molecule has 0 bridgehead atoms. The van der Waals surface area contributed by atoms with Gasteiger partial charge in [-0.25, -0.2) is 9.67 Å². The van der Waals surface area contributed by atoms with E-state index in [0.29, 0.717) is 11.8 Å². The summed E-state index contributed by atoms with van der Waals surface area (Å²) in [7, 11) is 0. The van der Waals surface area contributed by atoms with Gasteiger partial charge in [-0.2, -0.15) is 5.10 Å². The van der Waals surface area contributed by atoms with Crippen LogP contribution in [0.4, 0.5) is 0 Å². The molecule has 0 N–H and O–H groups in total. The second kappa shape index (κ2) is 8.06. The fourth-order valence-corrected chi connectivity index (χ4v) is 2.10. The van der Waals surface area contributed by atoms with Crippen molar-refractivity contribution in [1.82, 2.24) is 9.78 Å². The molecule has 4 nitrogen and oxygen atoms in total. The number of carbonyl (C=O) groups excluding carboxylic acids is 1. The minimum absolute atomic E-state index is 0. The second-order valence-electron chi connectivity index (χ2n) is 4.83. The molecular weight excluding hydrogens is 310 g/mol. The third-order valence-corrected chi connectivity index (χ3v) is 3.17. The molecule has 0 fully saturated rings. The molecule has 1 heterocycles. The first-order valence-corrected chi connectivity index (χ1v) is 7.03. The lowest BCUT2D eigenvalue weighted by molar-refractivity contribution is -0.117. The molecule has 5 heteroatoms. The van der Waals surface area contributed by atoms with Gasteiger partial charge in [-0.15, -0.1) is 12.4 Å². The number of rotatable bonds is 3. The van der Waals surface area contributed by atoms with Gasteiger partial charge in [0.15, 0.2) is 0 Å². The van der Waals surface area contributed by atoms with Gasteiger partial charge in [0.25, 0.3) is 5.91 Å². The van der Waals surface area contributed by atoms with Crippen molar-refractivity contribution in [3.63, 3.8) is 0 Å². The molecule has 0 aliphatic heterocycles. The highest BCUT2D eigenvalue weighted by atomic mass is 35.5. The number of hydrogen-bond donors (Lipinski definition) is 0. The SMILES string of the molecule is Cl.O=C(Cc1ccccc1)/N=c1/ccn(-c2ccccc2)nc1. The van der Waals surface area contributed by atoms with E-state index in [1.54, 1.807) is 23.1 Å². The first-order valence-electron chi connectivity index (χ1n) is 7.03. The molecular formula is C18H16ClN3O. The average molecular weight is 326 g/mol. The lowest BCUT2D eigenvalue weighted by Crippen LogP contribution is -2.12. The molecule has 0 aliphatic rings. The van der Waals surface area contributed by atoms with Gasteiger partial charge in [-0.1, -0.05) is 48.5 Å². The van der Waals surface area contributed by atoms with Gasteiger partial charge < -0.3 is 0 Å². The lowest BCUT2D eigenvalue weighted by atomic mass is 10.1. The van der Waals surface area contributed by atoms with Crippen LogP contribution in [0.15, 0.2) is 84.1 Å². The van der Waals surface area contributed by atoms with Crippen LogP contribution in [0, 0.1) is 0 Å². The quantitative estimate of drug-likeness (QED) is 0.743. The first kappa shape index (κ1) is 16.6. The predicted octanol–water partition coefficient (Wildman–Crippen LogP) is 2.96. The topological polar surface area (TPSA) is 47.2 Å². The summed E-state index contributed by atoms with van der Waals surface area (Å²) < 4.78 is 1.74. The van der Waals surface area contributed by atoms with E-state index in [-0.39, 0.29) is 18.3 Å². The summed E-state index contributed by atoms with van der Waals surface area (Å²) >= 11 is 0. The van der Waals surface area contributed by atoms with Crippen molar-refractivity contribution >= 4 is 18.3 Å². The van der Waals surface area contributed by atoms with E-state index >= 15 is 0 Å². The Hall–Kier alpha value is -2.72. The number of aromatic nitrogens is 2. The average Bonchev–Trinajstić information content (AvgIpc) is 2.57. The molecule has 0 aliphatic carbocycles. The molecule has 0 radical (unpaired) electrons. The van der Waals surface area contributed by atoms with Crippen LogP contribution in [0.3, 0.4) is 0 Å². The molecule has 3 rings (SSSR count). The van der Waals surface area contributed by atoms with Gasteiger partial charge in [0.1, 0.15) is 0 Å². The van der Waals surface area contributed by atoms with E-state index in [2.05, 4.69) is 10.1 Å². The predicted molar refractivity (Wildman–Crippen MR) is 91.5 cm³/mol. The molecule has 0 spiro atoms. The Kier molecular flexibility index (Phi) is 5.83. The standard InChI is InChI=1S/C18H15N3O.ClH/c22-18(13-15-7-3-1-4-8-15)20-16-11-12-21(19-14-16)17-9-5-2-6-10-17;/h1-12,14H,13H2;1H/b20-16-;. The minimum Gasteiger partial charge on any atom is -0.272 e. The van der Waals surface area contributed by atoms with Crippen molar-refractivity contribution in [3.8, 4) is 5.69 Å². The van der Waals surface area contributed by atoms with Crippen molar-refractivity contribution in [2.24, 2.45) is 4.99 Å². The summed E-state index contributed by atoms with van der Waals surface area (Å²) in [5, 5.41) is 4.84. The Morgan fingerprint density at radius 3 is 2.22 bits per heavy atom. The summed E-state index contributed by atoms with van der Waals surface area (Å²) in [5.74, 6) is -0.175. The van der Waals surface area contributed by atoms with Crippen LogP contribution in [-0.2, 0) is 11.2 Å². The third kappa shape index (κ3) is 4.63. The van der Waals surface area contributed by atoms with E-state index in [0.717, 1.165) is 11.3 Å². The Labute approximate surface area is 140 Å². The lowest BCUT2D eigenvalue weighted by Gasteiger charge is -2.03. The first-order chi connectivity index (χ1) is 10.8. The number of amides is 1. The van der Waals surface area contributed by atoms with Crippen LogP contribution in [-0.4, -0.2) is 15.7 Å². The zero-order valence-corrected chi connectivity index (χ0v) is 13.2. The molecule has 23 heavy (non-hydrogen) atoms. The molecule has 1 amide bonds. The van der Waals surface area contributed by atoms with Crippen LogP contribution < -0.4 is 5.36 Å². The molecule has 0 atom stereocenters. The van der Waals surface area contributed by atoms with Crippen molar-refractivity contribution in [2.45, 2.75) is 6.42 Å². The Bertz CT molecular complexity index is 809. The normalized spacial score (nSPS) is 10.9. The number of carbonyl (C=O) groups is 1. The highest BCUT2D eigenvalue weighted by Crippen LogP contribution is 2.03. The van der Waals surface area contributed by atoms with Crippen LogP contribution in [0.25, 0.3) is 5.69 Å². The van der Waals surface area contributed by atoms with Crippen LogP contribution in [0.5, 0.6) is 0 Å². The maximum Gasteiger partial charge on any atom is 0.250 e. The highest BCUT2D eigenvalue weighted by Gasteiger charge is 2.00. The van der Waals surface area contributed by atoms with Gasteiger partial charge >= 0.3 is 0 Å². The van der Waals surface area contributed by atoms with Crippen molar-refractivity contribution < 1.29 is 4.79 Å². The third-order valence-electron chi connectivity index (χ3n) is 3.17. The van der Waals surface area contributed by atoms with Crippen LogP contribution in [0.1, 0.15) is 5.56 Å². The molecule has 0 saturated heterocycles. The summed E-state index contributed by atoms with van der Waals surface area (Å²) in [6.45, 7) is 0. The zero-order chi connectivity index (χ0) is 15.2. The van der Waals surface area contributed by atoms with Crippen molar-refractivity contribution in [2.75, 3.05) is 0 Å². The largest absolute Gasteiger partial charge is 0.272 e. The second-order valence-corrected chi connectivity index (χ2v) is 4.83. The Morgan fingerprint density at radius 2 is 1.61 bits per heavy atom. The minimum atomic E-state index is -0.175. The number of benzene rings is 2. The van der Waals surface area contributed by atoms with Gasteiger partial charge in [0, 0.05) is 6.20 Å².